The van der Waals surface area contributed by atoms with Gasteiger partial charge in [-0.2, -0.15) is 0 Å². The Bertz CT molecular complexity index is 529. The molecule has 0 saturated heterocycles. The van der Waals surface area contributed by atoms with E-state index in [1.165, 1.54) is 0 Å². The molecule has 1 aromatic carbocycles. The van der Waals surface area contributed by atoms with E-state index < -0.39 is 10.0 Å². The highest BCUT2D eigenvalue weighted by Crippen LogP contribution is 2.27. The molecule has 0 aliphatic carbocycles. The number of halogens is 1. The molecule has 114 valence electrons. The van der Waals surface area contributed by atoms with E-state index in [0.29, 0.717) is 22.7 Å². The van der Waals surface area contributed by atoms with Crippen molar-refractivity contribution in [2.24, 2.45) is 5.92 Å². The summed E-state index contributed by atoms with van der Waals surface area (Å²) in [7, 11) is -1.90. The fourth-order valence-corrected chi connectivity index (χ4v) is 3.57. The molecule has 0 unspecified atom stereocenters. The molecule has 0 bridgehead atoms. The maximum atomic E-state index is 12.1. The molecule has 0 radical (unpaired) electrons. The molecule has 1 rings (SSSR count). The van der Waals surface area contributed by atoms with Gasteiger partial charge in [0.15, 0.2) is 0 Å². The van der Waals surface area contributed by atoms with Gasteiger partial charge in [-0.15, -0.1) is 0 Å². The van der Waals surface area contributed by atoms with E-state index in [0.717, 1.165) is 19.3 Å². The van der Waals surface area contributed by atoms with E-state index in [2.05, 4.69) is 34.5 Å². The second-order valence-electron chi connectivity index (χ2n) is 5.08. The molecule has 0 aliphatic heterocycles. The third kappa shape index (κ3) is 5.42. The van der Waals surface area contributed by atoms with Gasteiger partial charge in [0, 0.05) is 6.54 Å². The molecule has 0 aromatic heterocycles. The first-order valence-corrected chi connectivity index (χ1v) is 8.97. The summed E-state index contributed by atoms with van der Waals surface area (Å²) in [5.74, 6) is 1.27. The molecule has 0 fully saturated rings. The summed E-state index contributed by atoms with van der Waals surface area (Å²) in [6, 6.07) is 4.73. The second kappa shape index (κ2) is 8.00. The topological polar surface area (TPSA) is 55.4 Å². The van der Waals surface area contributed by atoms with Crippen LogP contribution in [0.1, 0.15) is 33.1 Å². The van der Waals surface area contributed by atoms with Crippen molar-refractivity contribution >= 4 is 26.0 Å². The lowest BCUT2D eigenvalue weighted by atomic mass is 10.1. The Morgan fingerprint density at radius 3 is 2.55 bits per heavy atom. The van der Waals surface area contributed by atoms with Gasteiger partial charge < -0.3 is 4.74 Å². The van der Waals surface area contributed by atoms with Crippen LogP contribution in [-0.4, -0.2) is 22.1 Å². The number of sulfonamides is 1. The molecule has 0 spiro atoms. The Morgan fingerprint density at radius 2 is 2.00 bits per heavy atom. The van der Waals surface area contributed by atoms with Gasteiger partial charge in [-0.1, -0.05) is 26.7 Å². The first-order valence-electron chi connectivity index (χ1n) is 6.70. The van der Waals surface area contributed by atoms with Gasteiger partial charge in [-0.05, 0) is 46.5 Å². The number of nitrogens with one attached hydrogen (secondary N) is 1. The third-order valence-electron chi connectivity index (χ3n) is 2.93. The second-order valence-corrected chi connectivity index (χ2v) is 7.71. The van der Waals surface area contributed by atoms with Crippen molar-refractivity contribution in [3.8, 4) is 5.75 Å². The maximum Gasteiger partial charge on any atom is 0.240 e. The summed E-state index contributed by atoms with van der Waals surface area (Å²) in [6.45, 7) is 4.80. The summed E-state index contributed by atoms with van der Waals surface area (Å²) >= 11 is 3.29. The predicted octanol–water partition coefficient (Wildman–Crippen LogP) is 3.56. The molecule has 0 saturated carbocycles. The molecular formula is C14H22BrNO3S. The van der Waals surface area contributed by atoms with Gasteiger partial charge >= 0.3 is 0 Å². The zero-order chi connectivity index (χ0) is 15.2. The summed E-state index contributed by atoms with van der Waals surface area (Å²) < 4.78 is 32.6. The molecule has 4 nitrogen and oxygen atoms in total. The van der Waals surface area contributed by atoms with Crippen molar-refractivity contribution in [1.82, 2.24) is 4.72 Å². The lowest BCUT2D eigenvalue weighted by Crippen LogP contribution is -2.24. The van der Waals surface area contributed by atoms with Crippen molar-refractivity contribution < 1.29 is 13.2 Å². The molecule has 0 atom stereocenters. The maximum absolute atomic E-state index is 12.1. The number of methoxy groups -OCH3 is 1. The van der Waals surface area contributed by atoms with Crippen LogP contribution >= 0.6 is 15.9 Å². The van der Waals surface area contributed by atoms with Crippen molar-refractivity contribution in [2.45, 2.75) is 38.0 Å². The van der Waals surface area contributed by atoms with Crippen molar-refractivity contribution in [3.05, 3.63) is 22.7 Å². The highest BCUT2D eigenvalue weighted by atomic mass is 79.9. The van der Waals surface area contributed by atoms with E-state index in [1.54, 1.807) is 25.3 Å². The highest BCUT2D eigenvalue weighted by molar-refractivity contribution is 9.10. The Labute approximate surface area is 130 Å². The van der Waals surface area contributed by atoms with Gasteiger partial charge in [0.1, 0.15) is 5.75 Å². The minimum absolute atomic E-state index is 0.244. The Hall–Kier alpha value is -0.590. The average molecular weight is 364 g/mol. The zero-order valence-electron chi connectivity index (χ0n) is 12.1. The number of rotatable bonds is 8. The van der Waals surface area contributed by atoms with Crippen LogP contribution in [0.5, 0.6) is 5.75 Å². The Balaban J connectivity index is 2.58. The Morgan fingerprint density at radius 1 is 1.30 bits per heavy atom. The van der Waals surface area contributed by atoms with Gasteiger partial charge in [-0.25, -0.2) is 13.1 Å². The van der Waals surface area contributed by atoms with Gasteiger partial charge in [0.05, 0.1) is 16.5 Å². The largest absolute Gasteiger partial charge is 0.496 e. The van der Waals surface area contributed by atoms with Crippen LogP contribution in [0.2, 0.25) is 0 Å². The van der Waals surface area contributed by atoms with E-state index in [1.807, 2.05) is 0 Å². The summed E-state index contributed by atoms with van der Waals surface area (Å²) in [5, 5.41) is 0. The SMILES string of the molecule is COc1ccc(S(=O)(=O)NCCCCC(C)C)cc1Br. The zero-order valence-corrected chi connectivity index (χ0v) is 14.6. The quantitative estimate of drug-likeness (QED) is 0.718. The number of hydrogen-bond donors (Lipinski definition) is 1. The highest BCUT2D eigenvalue weighted by Gasteiger charge is 2.15. The molecule has 0 heterocycles. The molecule has 1 N–H and O–H groups in total. The van der Waals surface area contributed by atoms with Crippen molar-refractivity contribution in [1.29, 1.82) is 0 Å². The lowest BCUT2D eigenvalue weighted by molar-refractivity contribution is 0.411. The van der Waals surface area contributed by atoms with Crippen molar-refractivity contribution in [2.75, 3.05) is 13.7 Å². The van der Waals surface area contributed by atoms with Crippen LogP contribution in [0, 0.1) is 5.92 Å². The Kier molecular flexibility index (Phi) is 6.99. The first kappa shape index (κ1) is 17.5. The molecule has 1 aromatic rings. The van der Waals surface area contributed by atoms with Gasteiger partial charge in [0.25, 0.3) is 0 Å². The van der Waals surface area contributed by atoms with Gasteiger partial charge in [-0.3, -0.25) is 0 Å². The summed E-state index contributed by atoms with van der Waals surface area (Å²) in [5.41, 5.74) is 0. The van der Waals surface area contributed by atoms with Gasteiger partial charge in [0.2, 0.25) is 10.0 Å². The van der Waals surface area contributed by atoms with E-state index >= 15 is 0 Å². The van der Waals surface area contributed by atoms with Crippen LogP contribution in [0.3, 0.4) is 0 Å². The number of benzene rings is 1. The van der Waals surface area contributed by atoms with Crippen LogP contribution in [-0.2, 0) is 10.0 Å². The van der Waals surface area contributed by atoms with Crippen LogP contribution in [0.4, 0.5) is 0 Å². The molecular weight excluding hydrogens is 342 g/mol. The predicted molar refractivity (Wildman–Crippen MR) is 84.6 cm³/mol. The lowest BCUT2D eigenvalue weighted by Gasteiger charge is -2.09. The minimum Gasteiger partial charge on any atom is -0.496 e. The number of ether oxygens (including phenoxy) is 1. The summed E-state index contributed by atoms with van der Waals surface area (Å²) in [6.07, 6.45) is 3.01. The fourth-order valence-electron chi connectivity index (χ4n) is 1.78. The van der Waals surface area contributed by atoms with E-state index in [9.17, 15) is 8.42 Å². The smallest absolute Gasteiger partial charge is 0.240 e. The van der Waals surface area contributed by atoms with E-state index in [4.69, 9.17) is 4.74 Å². The molecule has 0 aliphatic rings. The number of unbranched alkanes of at least 4 members (excludes halogenated alkanes) is 1. The van der Waals surface area contributed by atoms with Crippen LogP contribution in [0.15, 0.2) is 27.6 Å². The first-order chi connectivity index (χ1) is 9.36. The monoisotopic (exact) mass is 363 g/mol. The minimum atomic E-state index is -3.44. The molecule has 0 amide bonds. The van der Waals surface area contributed by atoms with Crippen LogP contribution < -0.4 is 9.46 Å². The standard InChI is InChI=1S/C14H22BrNO3S/c1-11(2)6-4-5-9-16-20(17,18)12-7-8-14(19-3)13(15)10-12/h7-8,10-11,16H,4-6,9H2,1-3H3. The summed E-state index contributed by atoms with van der Waals surface area (Å²) in [4.78, 5) is 0.244. The van der Waals surface area contributed by atoms with Crippen molar-refractivity contribution in [3.63, 3.8) is 0 Å². The van der Waals surface area contributed by atoms with E-state index in [-0.39, 0.29) is 4.90 Å². The average Bonchev–Trinajstić information content (AvgIpc) is 2.37. The normalized spacial score (nSPS) is 11.8. The number of hydrogen-bond acceptors (Lipinski definition) is 3. The fraction of sp³-hybridized carbons (Fsp3) is 0.571. The molecule has 6 heteroatoms. The third-order valence-corrected chi connectivity index (χ3v) is 5.01. The van der Waals surface area contributed by atoms with Crippen LogP contribution in [0.25, 0.3) is 0 Å². The molecule has 20 heavy (non-hydrogen) atoms.